The highest BCUT2D eigenvalue weighted by Gasteiger charge is 2.50. The second kappa shape index (κ2) is 3.88. The first kappa shape index (κ1) is 12.7. The third-order valence-electron chi connectivity index (χ3n) is 5.37. The smallest absolute Gasteiger partial charge is 0.0973 e. The quantitative estimate of drug-likeness (QED) is 0.628. The average molecular weight is 211 g/mol. The molecule has 0 N–H and O–H groups in total. The zero-order valence-corrected chi connectivity index (χ0v) is 11.0. The predicted molar refractivity (Wildman–Crippen MR) is 64.7 cm³/mol. The Morgan fingerprint density at radius 1 is 1.27 bits per heavy atom. The third kappa shape index (κ3) is 1.83. The van der Waals surface area contributed by atoms with Gasteiger partial charge >= 0.3 is 0 Å². The Hall–Kier alpha value is -0.400. The fourth-order valence-electron chi connectivity index (χ4n) is 3.15. The van der Waals surface area contributed by atoms with Crippen molar-refractivity contribution in [3.05, 3.63) is 4.91 Å². The van der Waals surface area contributed by atoms with Crippen molar-refractivity contribution < 1.29 is 0 Å². The lowest BCUT2D eigenvalue weighted by Gasteiger charge is -2.53. The largest absolute Gasteiger partial charge is 0.150 e. The number of rotatable bonds is 2. The van der Waals surface area contributed by atoms with E-state index in [2.05, 4.69) is 46.7 Å². The summed E-state index contributed by atoms with van der Waals surface area (Å²) in [6, 6.07) is -0.000625. The SMILES string of the molecule is CC(C)C1(C)CCC(N=O)C(C)(C)C1C. The van der Waals surface area contributed by atoms with Gasteiger partial charge in [-0.3, -0.25) is 0 Å². The van der Waals surface area contributed by atoms with Crippen molar-refractivity contribution in [3.8, 4) is 0 Å². The van der Waals surface area contributed by atoms with E-state index in [4.69, 9.17) is 0 Å². The zero-order valence-electron chi connectivity index (χ0n) is 11.0. The molecular weight excluding hydrogens is 186 g/mol. The summed E-state index contributed by atoms with van der Waals surface area (Å²) in [6.45, 7) is 13.6. The molecule has 0 amide bonds. The van der Waals surface area contributed by atoms with Crippen LogP contribution in [0, 0.1) is 27.6 Å². The molecule has 0 spiro atoms. The molecule has 88 valence electrons. The molecule has 1 rings (SSSR count). The van der Waals surface area contributed by atoms with E-state index in [-0.39, 0.29) is 11.5 Å². The van der Waals surface area contributed by atoms with Crippen molar-refractivity contribution in [1.29, 1.82) is 0 Å². The zero-order chi connectivity index (χ0) is 11.9. The lowest BCUT2D eigenvalue weighted by atomic mass is 9.52. The summed E-state index contributed by atoms with van der Waals surface area (Å²) in [5.41, 5.74) is 0.393. The Kier molecular flexibility index (Phi) is 3.27. The van der Waals surface area contributed by atoms with Gasteiger partial charge in [0.1, 0.15) is 0 Å². The molecule has 3 atom stereocenters. The van der Waals surface area contributed by atoms with Crippen molar-refractivity contribution in [2.75, 3.05) is 0 Å². The summed E-state index contributed by atoms with van der Waals surface area (Å²) in [5.74, 6) is 1.21. The monoisotopic (exact) mass is 211 g/mol. The fourth-order valence-corrected chi connectivity index (χ4v) is 3.15. The summed E-state index contributed by atoms with van der Waals surface area (Å²) in [5, 5.41) is 3.33. The minimum Gasteiger partial charge on any atom is -0.150 e. The fraction of sp³-hybridized carbons (Fsp3) is 1.00. The Balaban J connectivity index is 3.00. The highest BCUT2D eigenvalue weighted by Crippen LogP contribution is 2.55. The Morgan fingerprint density at radius 2 is 1.80 bits per heavy atom. The van der Waals surface area contributed by atoms with Crippen molar-refractivity contribution in [2.45, 2.75) is 60.4 Å². The molecule has 2 nitrogen and oxygen atoms in total. The van der Waals surface area contributed by atoms with Gasteiger partial charge in [-0.2, -0.15) is 4.91 Å². The van der Waals surface area contributed by atoms with Crippen molar-refractivity contribution in [3.63, 3.8) is 0 Å². The predicted octanol–water partition coefficient (Wildman–Crippen LogP) is 4.24. The minimum atomic E-state index is -0.000625. The maximum absolute atomic E-state index is 10.9. The Labute approximate surface area is 93.8 Å². The van der Waals surface area contributed by atoms with Gasteiger partial charge in [-0.05, 0) is 35.5 Å². The number of nitroso groups, excluding NO2 is 1. The van der Waals surface area contributed by atoms with Gasteiger partial charge in [0.2, 0.25) is 0 Å². The molecule has 0 heterocycles. The molecule has 0 aromatic heterocycles. The van der Waals surface area contributed by atoms with Crippen molar-refractivity contribution >= 4 is 0 Å². The van der Waals surface area contributed by atoms with Crippen LogP contribution in [-0.2, 0) is 0 Å². The molecule has 0 saturated heterocycles. The molecule has 0 aliphatic heterocycles. The van der Waals surface area contributed by atoms with Gasteiger partial charge < -0.3 is 0 Å². The molecule has 0 aromatic rings. The van der Waals surface area contributed by atoms with Crippen molar-refractivity contribution in [1.82, 2.24) is 0 Å². The van der Waals surface area contributed by atoms with Gasteiger partial charge in [0.05, 0.1) is 6.04 Å². The summed E-state index contributed by atoms with van der Waals surface area (Å²) in [7, 11) is 0. The van der Waals surface area contributed by atoms with E-state index < -0.39 is 0 Å². The van der Waals surface area contributed by atoms with Crippen LogP contribution in [0.1, 0.15) is 54.4 Å². The Morgan fingerprint density at radius 3 is 2.20 bits per heavy atom. The normalized spacial score (nSPS) is 40.5. The van der Waals surface area contributed by atoms with Crippen LogP contribution in [-0.4, -0.2) is 6.04 Å². The molecule has 0 aromatic carbocycles. The molecular formula is C13H25NO. The highest BCUT2D eigenvalue weighted by atomic mass is 16.3. The van der Waals surface area contributed by atoms with Crippen LogP contribution in [0.3, 0.4) is 0 Å². The van der Waals surface area contributed by atoms with E-state index in [1.807, 2.05) is 0 Å². The van der Waals surface area contributed by atoms with Crippen LogP contribution < -0.4 is 0 Å². The van der Waals surface area contributed by atoms with Gasteiger partial charge in [0.25, 0.3) is 0 Å². The molecule has 1 aliphatic carbocycles. The first-order valence-electron chi connectivity index (χ1n) is 6.09. The maximum Gasteiger partial charge on any atom is 0.0973 e. The molecule has 2 heteroatoms. The summed E-state index contributed by atoms with van der Waals surface area (Å²) < 4.78 is 0. The van der Waals surface area contributed by atoms with Crippen LogP contribution in [0.4, 0.5) is 0 Å². The van der Waals surface area contributed by atoms with E-state index >= 15 is 0 Å². The van der Waals surface area contributed by atoms with E-state index in [0.29, 0.717) is 17.3 Å². The van der Waals surface area contributed by atoms with Crippen LogP contribution in [0.2, 0.25) is 0 Å². The van der Waals surface area contributed by atoms with E-state index in [1.54, 1.807) is 0 Å². The van der Waals surface area contributed by atoms with Gasteiger partial charge in [0.15, 0.2) is 0 Å². The van der Waals surface area contributed by atoms with Gasteiger partial charge in [-0.1, -0.05) is 46.7 Å². The van der Waals surface area contributed by atoms with Gasteiger partial charge in [-0.25, -0.2) is 0 Å². The van der Waals surface area contributed by atoms with Gasteiger partial charge in [-0.15, -0.1) is 0 Å². The summed E-state index contributed by atoms with van der Waals surface area (Å²) in [4.78, 5) is 10.9. The van der Waals surface area contributed by atoms with E-state index in [1.165, 1.54) is 0 Å². The maximum atomic E-state index is 10.9. The molecule has 1 saturated carbocycles. The minimum absolute atomic E-state index is 0.000625. The van der Waals surface area contributed by atoms with Crippen LogP contribution >= 0.6 is 0 Å². The van der Waals surface area contributed by atoms with Gasteiger partial charge in [0, 0.05) is 0 Å². The van der Waals surface area contributed by atoms with Crippen molar-refractivity contribution in [2.24, 2.45) is 27.8 Å². The average Bonchev–Trinajstić information content (AvgIpc) is 2.14. The standard InChI is InChI=1S/C13H25NO/c1-9(2)13(6)8-7-11(14-15)12(4,5)10(13)3/h9-11H,7-8H2,1-6H3. The summed E-state index contributed by atoms with van der Waals surface area (Å²) >= 11 is 0. The van der Waals surface area contributed by atoms with E-state index in [9.17, 15) is 4.91 Å². The topological polar surface area (TPSA) is 29.4 Å². The highest BCUT2D eigenvalue weighted by molar-refractivity contribution is 5.01. The van der Waals surface area contributed by atoms with Crippen LogP contribution in [0.25, 0.3) is 0 Å². The van der Waals surface area contributed by atoms with Crippen LogP contribution in [0.5, 0.6) is 0 Å². The number of hydrogen-bond donors (Lipinski definition) is 0. The molecule has 15 heavy (non-hydrogen) atoms. The lowest BCUT2D eigenvalue weighted by molar-refractivity contribution is -0.0327. The molecule has 1 aliphatic rings. The molecule has 0 radical (unpaired) electrons. The number of nitrogens with zero attached hydrogens (tertiary/aromatic N) is 1. The lowest BCUT2D eigenvalue weighted by Crippen LogP contribution is -2.49. The second-order valence-corrected chi connectivity index (χ2v) is 6.36. The molecule has 3 unspecified atom stereocenters. The first-order chi connectivity index (χ1) is 6.76. The number of hydrogen-bond acceptors (Lipinski definition) is 2. The second-order valence-electron chi connectivity index (χ2n) is 6.36. The molecule has 1 fully saturated rings. The third-order valence-corrected chi connectivity index (χ3v) is 5.37. The molecule has 0 bridgehead atoms. The first-order valence-corrected chi connectivity index (χ1v) is 6.09. The summed E-state index contributed by atoms with van der Waals surface area (Å²) in [6.07, 6.45) is 2.08. The van der Waals surface area contributed by atoms with E-state index in [0.717, 1.165) is 12.8 Å². The Bertz CT molecular complexity index is 247. The van der Waals surface area contributed by atoms with Crippen LogP contribution in [0.15, 0.2) is 5.18 Å².